The van der Waals surface area contributed by atoms with Gasteiger partial charge in [-0.15, -0.1) is 0 Å². The van der Waals surface area contributed by atoms with Crippen molar-refractivity contribution in [3.05, 3.63) is 40.4 Å². The maximum atomic E-state index is 10.2. The van der Waals surface area contributed by atoms with E-state index in [0.717, 1.165) is 0 Å². The van der Waals surface area contributed by atoms with Gasteiger partial charge in [-0.25, -0.2) is 10.1 Å². The zero-order valence-corrected chi connectivity index (χ0v) is 7.84. The highest BCUT2D eigenvalue weighted by molar-refractivity contribution is 5.21. The number of hydrazine groups is 1. The van der Waals surface area contributed by atoms with E-state index in [0.29, 0.717) is 12.2 Å². The smallest absolute Gasteiger partial charge is 0.223 e. The van der Waals surface area contributed by atoms with E-state index in [2.05, 4.69) is 5.43 Å². The van der Waals surface area contributed by atoms with Gasteiger partial charge in [-0.3, -0.25) is 0 Å². The summed E-state index contributed by atoms with van der Waals surface area (Å²) in [5.41, 5.74) is 2.08. The second kappa shape index (κ2) is 5.06. The topological polar surface area (TPSA) is 64.4 Å². The summed E-state index contributed by atoms with van der Waals surface area (Å²) in [6.45, 7) is 1.81. The normalized spacial score (nSPS) is 11.8. The number of hydrogen-bond acceptors (Lipinski definition) is 3. The summed E-state index contributed by atoms with van der Waals surface area (Å²) >= 11 is 0. The number of benzene rings is 1. The summed E-state index contributed by atoms with van der Waals surface area (Å²) < 4.78 is 5.32. The van der Waals surface area contributed by atoms with E-state index in [4.69, 9.17) is 4.74 Å². The van der Waals surface area contributed by atoms with Crippen molar-refractivity contribution in [2.24, 2.45) is 0 Å². The standard InChI is InChI=1S/C9H12N2O3/c1-2-9(10-11(12)13)14-8-6-4-3-5-7-8/h3-7,9-10H,2H2,1H3. The van der Waals surface area contributed by atoms with Gasteiger partial charge in [0.15, 0.2) is 5.03 Å². The average molecular weight is 196 g/mol. The molecule has 1 rings (SSSR count). The minimum absolute atomic E-state index is 0.524. The third-order valence-electron chi connectivity index (χ3n) is 1.64. The Balaban J connectivity index is 2.53. The lowest BCUT2D eigenvalue weighted by Gasteiger charge is -2.13. The molecule has 0 fully saturated rings. The van der Waals surface area contributed by atoms with E-state index in [1.165, 1.54) is 0 Å². The van der Waals surface area contributed by atoms with Gasteiger partial charge in [0, 0.05) is 6.42 Å². The molecule has 0 aromatic heterocycles. The molecule has 5 heteroatoms. The summed E-state index contributed by atoms with van der Waals surface area (Å²) in [4.78, 5) is 10.2. The van der Waals surface area contributed by atoms with Crippen LogP contribution in [-0.4, -0.2) is 11.3 Å². The van der Waals surface area contributed by atoms with Gasteiger partial charge in [-0.1, -0.05) is 30.5 Å². The zero-order valence-electron chi connectivity index (χ0n) is 7.84. The van der Waals surface area contributed by atoms with Crippen LogP contribution in [0.5, 0.6) is 5.75 Å². The predicted molar refractivity (Wildman–Crippen MR) is 51.3 cm³/mol. The summed E-state index contributed by atoms with van der Waals surface area (Å²) in [5.74, 6) is 0.619. The lowest BCUT2D eigenvalue weighted by molar-refractivity contribution is -0.558. The van der Waals surface area contributed by atoms with Gasteiger partial charge in [-0.2, -0.15) is 0 Å². The van der Waals surface area contributed by atoms with E-state index in [1.807, 2.05) is 25.1 Å². The summed E-state index contributed by atoms with van der Waals surface area (Å²) in [5, 5.41) is 9.57. The van der Waals surface area contributed by atoms with Crippen LogP contribution in [0.3, 0.4) is 0 Å². The summed E-state index contributed by atoms with van der Waals surface area (Å²) in [7, 11) is 0. The quantitative estimate of drug-likeness (QED) is 0.441. The molecule has 0 heterocycles. The summed E-state index contributed by atoms with van der Waals surface area (Å²) in [6.07, 6.45) is -0.0667. The largest absolute Gasteiger partial charge is 0.465 e. The second-order valence-electron chi connectivity index (χ2n) is 2.71. The molecule has 0 spiro atoms. The van der Waals surface area contributed by atoms with Crippen LogP contribution in [0.4, 0.5) is 0 Å². The van der Waals surface area contributed by atoms with Gasteiger partial charge in [0.05, 0.1) is 0 Å². The van der Waals surface area contributed by atoms with Crippen LogP contribution >= 0.6 is 0 Å². The molecule has 0 saturated carbocycles. The number of hydrogen-bond donors (Lipinski definition) is 1. The van der Waals surface area contributed by atoms with E-state index in [1.54, 1.807) is 12.1 Å². The molecule has 1 atom stereocenters. The van der Waals surface area contributed by atoms with Gasteiger partial charge in [-0.05, 0) is 12.1 Å². The highest BCUT2D eigenvalue weighted by Crippen LogP contribution is 2.10. The first-order chi connectivity index (χ1) is 6.72. The van der Waals surface area contributed by atoms with E-state index in [9.17, 15) is 10.1 Å². The highest BCUT2D eigenvalue weighted by Gasteiger charge is 2.11. The molecule has 0 aliphatic rings. The molecular formula is C9H12N2O3. The molecule has 1 aromatic carbocycles. The first-order valence-electron chi connectivity index (χ1n) is 4.34. The molecule has 0 aliphatic heterocycles. The molecule has 76 valence electrons. The van der Waals surface area contributed by atoms with Gasteiger partial charge in [0.25, 0.3) is 0 Å². The SMILES string of the molecule is CCC(N[N+](=O)[O-])Oc1ccccc1. The Bertz CT molecular complexity index is 289. The van der Waals surface area contributed by atoms with Crippen LogP contribution in [0.1, 0.15) is 13.3 Å². The van der Waals surface area contributed by atoms with Crippen molar-refractivity contribution in [1.82, 2.24) is 5.43 Å². The molecule has 14 heavy (non-hydrogen) atoms. The predicted octanol–water partition coefficient (Wildman–Crippen LogP) is 1.58. The molecular weight excluding hydrogens is 184 g/mol. The fourth-order valence-corrected chi connectivity index (χ4v) is 0.982. The third kappa shape index (κ3) is 3.30. The maximum Gasteiger partial charge on any atom is 0.223 e. The fourth-order valence-electron chi connectivity index (χ4n) is 0.982. The second-order valence-corrected chi connectivity index (χ2v) is 2.71. The Morgan fingerprint density at radius 2 is 2.14 bits per heavy atom. The van der Waals surface area contributed by atoms with Crippen LogP contribution in [0.2, 0.25) is 0 Å². The molecule has 0 aliphatic carbocycles. The lowest BCUT2D eigenvalue weighted by atomic mass is 10.3. The monoisotopic (exact) mass is 196 g/mol. The Hall–Kier alpha value is -1.78. The van der Waals surface area contributed by atoms with Crippen LogP contribution in [0.25, 0.3) is 0 Å². The van der Waals surface area contributed by atoms with Crippen LogP contribution in [-0.2, 0) is 0 Å². The molecule has 0 bridgehead atoms. The number of nitrogens with zero attached hydrogens (tertiary/aromatic N) is 1. The minimum atomic E-state index is -0.600. The Morgan fingerprint density at radius 3 is 2.64 bits per heavy atom. The molecule has 5 nitrogen and oxygen atoms in total. The molecule has 1 unspecified atom stereocenters. The molecule has 1 N–H and O–H groups in total. The van der Waals surface area contributed by atoms with Crippen molar-refractivity contribution >= 4 is 0 Å². The van der Waals surface area contributed by atoms with Crippen LogP contribution in [0.15, 0.2) is 30.3 Å². The van der Waals surface area contributed by atoms with Gasteiger partial charge < -0.3 is 4.74 Å². The number of rotatable bonds is 5. The van der Waals surface area contributed by atoms with Crippen molar-refractivity contribution in [3.63, 3.8) is 0 Å². The number of ether oxygens (including phenoxy) is 1. The first kappa shape index (κ1) is 10.3. The zero-order chi connectivity index (χ0) is 10.4. The Kier molecular flexibility index (Phi) is 3.72. The van der Waals surface area contributed by atoms with Gasteiger partial charge in [0.1, 0.15) is 5.75 Å². The van der Waals surface area contributed by atoms with Crippen molar-refractivity contribution in [2.45, 2.75) is 19.6 Å². The number of para-hydroxylation sites is 1. The van der Waals surface area contributed by atoms with Crippen molar-refractivity contribution in [3.8, 4) is 5.75 Å². The average Bonchev–Trinajstić information content (AvgIpc) is 2.17. The fraction of sp³-hybridized carbons (Fsp3) is 0.333. The highest BCUT2D eigenvalue weighted by atomic mass is 16.7. The third-order valence-corrected chi connectivity index (χ3v) is 1.64. The van der Waals surface area contributed by atoms with Crippen molar-refractivity contribution < 1.29 is 9.77 Å². The Morgan fingerprint density at radius 1 is 1.50 bits per heavy atom. The molecule has 0 saturated heterocycles. The number of nitrogens with one attached hydrogen (secondary N) is 1. The molecule has 1 aromatic rings. The molecule has 0 radical (unpaired) electrons. The van der Waals surface area contributed by atoms with Gasteiger partial charge in [0.2, 0.25) is 6.23 Å². The van der Waals surface area contributed by atoms with Crippen LogP contribution < -0.4 is 10.2 Å². The molecule has 0 amide bonds. The van der Waals surface area contributed by atoms with E-state index < -0.39 is 11.3 Å². The van der Waals surface area contributed by atoms with Gasteiger partial charge >= 0.3 is 0 Å². The summed E-state index contributed by atoms with van der Waals surface area (Å²) in [6, 6.07) is 8.99. The Labute approximate surface area is 81.8 Å². The lowest BCUT2D eigenvalue weighted by Crippen LogP contribution is -2.37. The van der Waals surface area contributed by atoms with E-state index >= 15 is 0 Å². The maximum absolute atomic E-state index is 10.2. The van der Waals surface area contributed by atoms with Crippen LogP contribution in [0, 0.1) is 10.1 Å². The first-order valence-corrected chi connectivity index (χ1v) is 4.34. The number of nitro groups is 1. The van der Waals surface area contributed by atoms with Crippen molar-refractivity contribution in [1.29, 1.82) is 0 Å². The van der Waals surface area contributed by atoms with E-state index in [-0.39, 0.29) is 0 Å². The van der Waals surface area contributed by atoms with Crippen molar-refractivity contribution in [2.75, 3.05) is 0 Å². The minimum Gasteiger partial charge on any atom is -0.465 e.